The van der Waals surface area contributed by atoms with Crippen molar-refractivity contribution in [1.82, 2.24) is 10.3 Å². The van der Waals surface area contributed by atoms with Crippen LogP contribution >= 0.6 is 0 Å². The first-order valence-corrected chi connectivity index (χ1v) is 7.18. The molecular formula is C15H23N3. The van der Waals surface area contributed by atoms with E-state index in [4.69, 9.17) is 0 Å². The number of rotatable bonds is 3. The van der Waals surface area contributed by atoms with Crippen LogP contribution in [-0.4, -0.2) is 30.2 Å². The molecule has 3 nitrogen and oxygen atoms in total. The lowest BCUT2D eigenvalue weighted by Crippen LogP contribution is -2.52. The predicted molar refractivity (Wildman–Crippen MR) is 75.1 cm³/mol. The number of nitrogens with one attached hydrogen (secondary N) is 1. The summed E-state index contributed by atoms with van der Waals surface area (Å²) in [5, 5.41) is 3.68. The summed E-state index contributed by atoms with van der Waals surface area (Å²) >= 11 is 0. The summed E-state index contributed by atoms with van der Waals surface area (Å²) in [7, 11) is 0. The average Bonchev–Trinajstić information content (AvgIpc) is 3.11. The molecule has 0 radical (unpaired) electrons. The number of aromatic nitrogens is 1. The highest BCUT2D eigenvalue weighted by atomic mass is 15.2. The largest absolute Gasteiger partial charge is 0.368 e. The van der Waals surface area contributed by atoms with Gasteiger partial charge in [0.2, 0.25) is 0 Å². The summed E-state index contributed by atoms with van der Waals surface area (Å²) in [5.41, 5.74) is 4.53. The lowest BCUT2D eigenvalue weighted by atomic mass is 10.0. The van der Waals surface area contributed by atoms with Gasteiger partial charge >= 0.3 is 0 Å². The zero-order valence-electron chi connectivity index (χ0n) is 11.5. The molecule has 1 N–H and O–H groups in total. The van der Waals surface area contributed by atoms with Gasteiger partial charge in [-0.25, -0.2) is 0 Å². The number of anilines is 1. The first-order valence-electron chi connectivity index (χ1n) is 7.18. The Hall–Kier alpha value is -1.09. The van der Waals surface area contributed by atoms with Gasteiger partial charge in [0.05, 0.1) is 0 Å². The Morgan fingerprint density at radius 2 is 2.28 bits per heavy atom. The third-order valence-electron chi connectivity index (χ3n) is 4.32. The summed E-state index contributed by atoms with van der Waals surface area (Å²) in [4.78, 5) is 7.04. The monoisotopic (exact) mass is 245 g/mol. The molecule has 98 valence electrons. The number of hydrogen-bond donors (Lipinski definition) is 1. The van der Waals surface area contributed by atoms with E-state index in [9.17, 15) is 0 Å². The molecule has 18 heavy (non-hydrogen) atoms. The second-order valence-corrected chi connectivity index (χ2v) is 5.77. The minimum atomic E-state index is 0.443. The predicted octanol–water partition coefficient (Wildman–Crippen LogP) is 2.28. The summed E-state index contributed by atoms with van der Waals surface area (Å²) in [5.74, 6) is 0. The zero-order valence-corrected chi connectivity index (χ0v) is 11.5. The molecule has 2 heterocycles. The van der Waals surface area contributed by atoms with Gasteiger partial charge in [0.25, 0.3) is 0 Å². The fourth-order valence-corrected chi connectivity index (χ4v) is 3.09. The van der Waals surface area contributed by atoms with Crippen molar-refractivity contribution in [2.24, 2.45) is 0 Å². The molecule has 1 aromatic rings. The first-order chi connectivity index (χ1) is 8.74. The fourth-order valence-electron chi connectivity index (χ4n) is 3.09. The van der Waals surface area contributed by atoms with Gasteiger partial charge in [0.15, 0.2) is 0 Å². The number of piperazine rings is 1. The number of pyridine rings is 1. The molecule has 0 amide bonds. The van der Waals surface area contributed by atoms with Gasteiger partial charge in [-0.2, -0.15) is 0 Å². The Morgan fingerprint density at radius 3 is 3.00 bits per heavy atom. The first kappa shape index (κ1) is 12.0. The van der Waals surface area contributed by atoms with Gasteiger partial charge < -0.3 is 10.2 Å². The highest BCUT2D eigenvalue weighted by molar-refractivity contribution is 5.56. The molecule has 1 saturated heterocycles. The molecule has 1 saturated carbocycles. The van der Waals surface area contributed by atoms with Gasteiger partial charge in [-0.1, -0.05) is 13.3 Å². The Bertz CT molecular complexity index is 437. The van der Waals surface area contributed by atoms with Crippen LogP contribution in [0.2, 0.25) is 0 Å². The third kappa shape index (κ3) is 2.12. The van der Waals surface area contributed by atoms with Crippen molar-refractivity contribution in [3.8, 4) is 0 Å². The van der Waals surface area contributed by atoms with Crippen molar-refractivity contribution < 1.29 is 0 Å². The molecule has 2 aliphatic rings. The van der Waals surface area contributed by atoms with E-state index in [1.165, 1.54) is 42.8 Å². The highest BCUT2D eigenvalue weighted by Gasteiger charge is 2.45. The van der Waals surface area contributed by atoms with Crippen molar-refractivity contribution in [1.29, 1.82) is 0 Å². The average molecular weight is 245 g/mol. The lowest BCUT2D eigenvalue weighted by Gasteiger charge is -2.37. The molecule has 3 rings (SSSR count). The molecule has 1 aliphatic heterocycles. The van der Waals surface area contributed by atoms with Gasteiger partial charge in [-0.05, 0) is 37.8 Å². The van der Waals surface area contributed by atoms with Crippen LogP contribution < -0.4 is 10.2 Å². The van der Waals surface area contributed by atoms with E-state index in [0.29, 0.717) is 5.54 Å². The van der Waals surface area contributed by atoms with E-state index in [-0.39, 0.29) is 0 Å². The maximum atomic E-state index is 4.46. The Morgan fingerprint density at radius 1 is 1.44 bits per heavy atom. The SMILES string of the molecule is CCCc1c(N2CCNC3(CC3)C2)ccnc1C. The third-order valence-corrected chi connectivity index (χ3v) is 4.32. The minimum Gasteiger partial charge on any atom is -0.368 e. The van der Waals surface area contributed by atoms with Crippen LogP contribution in [0.5, 0.6) is 0 Å². The molecule has 1 aliphatic carbocycles. The van der Waals surface area contributed by atoms with Gasteiger partial charge in [0.1, 0.15) is 0 Å². The summed E-state index contributed by atoms with van der Waals surface area (Å²) < 4.78 is 0. The van der Waals surface area contributed by atoms with Crippen molar-refractivity contribution in [3.05, 3.63) is 23.5 Å². The molecule has 0 aromatic carbocycles. The molecular weight excluding hydrogens is 222 g/mol. The number of aryl methyl sites for hydroxylation is 1. The molecule has 0 bridgehead atoms. The molecule has 1 spiro atoms. The van der Waals surface area contributed by atoms with Gasteiger partial charge in [-0.3, -0.25) is 4.98 Å². The Balaban J connectivity index is 1.88. The lowest BCUT2D eigenvalue weighted by molar-refractivity contribution is 0.441. The second kappa shape index (κ2) is 4.54. The van der Waals surface area contributed by atoms with Gasteiger partial charge in [0, 0.05) is 42.8 Å². The number of hydrogen-bond acceptors (Lipinski definition) is 3. The van der Waals surface area contributed by atoms with Crippen LogP contribution in [0.25, 0.3) is 0 Å². The van der Waals surface area contributed by atoms with E-state index in [2.05, 4.69) is 35.1 Å². The van der Waals surface area contributed by atoms with Crippen LogP contribution in [0, 0.1) is 6.92 Å². The molecule has 1 aromatic heterocycles. The Labute approximate surface area is 110 Å². The zero-order chi connectivity index (χ0) is 12.6. The van der Waals surface area contributed by atoms with Crippen LogP contribution in [0.1, 0.15) is 37.4 Å². The quantitative estimate of drug-likeness (QED) is 0.885. The molecule has 0 unspecified atom stereocenters. The van der Waals surface area contributed by atoms with Crippen LogP contribution in [0.15, 0.2) is 12.3 Å². The number of nitrogens with zero attached hydrogens (tertiary/aromatic N) is 2. The van der Waals surface area contributed by atoms with Crippen LogP contribution in [0.3, 0.4) is 0 Å². The van der Waals surface area contributed by atoms with Gasteiger partial charge in [-0.15, -0.1) is 0 Å². The molecule has 2 fully saturated rings. The van der Waals surface area contributed by atoms with Crippen molar-refractivity contribution in [3.63, 3.8) is 0 Å². The smallest absolute Gasteiger partial charge is 0.0433 e. The normalized spacial score (nSPS) is 21.3. The maximum absolute atomic E-state index is 4.46. The Kier molecular flexibility index (Phi) is 3.02. The topological polar surface area (TPSA) is 28.2 Å². The van der Waals surface area contributed by atoms with E-state index in [1.54, 1.807) is 0 Å². The van der Waals surface area contributed by atoms with Crippen molar-refractivity contribution in [2.75, 3.05) is 24.5 Å². The van der Waals surface area contributed by atoms with Crippen LogP contribution in [0.4, 0.5) is 5.69 Å². The summed E-state index contributed by atoms with van der Waals surface area (Å²) in [6.45, 7) is 7.81. The van der Waals surface area contributed by atoms with Crippen LogP contribution in [-0.2, 0) is 6.42 Å². The van der Waals surface area contributed by atoms with Crippen molar-refractivity contribution in [2.45, 2.75) is 45.1 Å². The minimum absolute atomic E-state index is 0.443. The van der Waals surface area contributed by atoms with Crippen molar-refractivity contribution >= 4 is 5.69 Å². The van der Waals surface area contributed by atoms with E-state index < -0.39 is 0 Å². The summed E-state index contributed by atoms with van der Waals surface area (Å²) in [6, 6.07) is 2.21. The van der Waals surface area contributed by atoms with E-state index >= 15 is 0 Å². The van der Waals surface area contributed by atoms with E-state index in [1.807, 2.05) is 6.20 Å². The van der Waals surface area contributed by atoms with E-state index in [0.717, 1.165) is 19.5 Å². The second-order valence-electron chi connectivity index (χ2n) is 5.77. The standard InChI is InChI=1S/C15H23N3/c1-3-4-13-12(2)16-8-5-14(13)18-10-9-17-15(11-18)6-7-15/h5,8,17H,3-4,6-7,9-11H2,1-2H3. The molecule has 3 heteroatoms. The molecule has 0 atom stereocenters. The maximum Gasteiger partial charge on any atom is 0.0433 e. The fraction of sp³-hybridized carbons (Fsp3) is 0.667. The summed E-state index contributed by atoms with van der Waals surface area (Å²) in [6.07, 6.45) is 6.99. The highest BCUT2D eigenvalue weighted by Crippen LogP contribution is 2.39.